The van der Waals surface area contributed by atoms with Gasteiger partial charge in [0.05, 0.1) is 6.61 Å². The first-order valence-electron chi connectivity index (χ1n) is 7.31. The van der Waals surface area contributed by atoms with Crippen LogP contribution in [0, 0.1) is 0 Å². The minimum Gasteiger partial charge on any atom is -0.305 e. The van der Waals surface area contributed by atoms with Gasteiger partial charge in [-0.3, -0.25) is 23.5 Å². The Morgan fingerprint density at radius 1 is 0.720 bits per heavy atom. The van der Waals surface area contributed by atoms with E-state index >= 15 is 0 Å². The molecule has 0 unspecified atom stereocenters. The van der Waals surface area contributed by atoms with Crippen molar-refractivity contribution in [3.8, 4) is 0 Å². The predicted octanol–water partition coefficient (Wildman–Crippen LogP) is 6.41. The summed E-state index contributed by atoms with van der Waals surface area (Å²) in [4.78, 5) is 1.14. The highest BCUT2D eigenvalue weighted by Gasteiger charge is 1.98. The normalized spacial score (nSPS) is 8.52. The molecule has 0 radical (unpaired) electrons. The third kappa shape index (κ3) is 12.4. The molecule has 0 aliphatic rings. The van der Waals surface area contributed by atoms with Gasteiger partial charge in [0.1, 0.15) is 0 Å². The minimum absolute atomic E-state index is 0. The van der Waals surface area contributed by atoms with E-state index in [2.05, 4.69) is 43.3 Å². The maximum atomic E-state index is 5.66. The van der Waals surface area contributed by atoms with Gasteiger partial charge in [0, 0.05) is 16.9 Å². The monoisotopic (exact) mass is 386 g/mol. The number of unbranched alkanes of at least 4 members (excludes halogenated alkanes) is 2. The van der Waals surface area contributed by atoms with Crippen LogP contribution in [-0.4, -0.2) is 0 Å². The van der Waals surface area contributed by atoms with Gasteiger partial charge in [-0.05, 0) is 36.1 Å². The fraction of sp³-hybridized carbons (Fsp3) is 0.333. The molecule has 2 aromatic carbocycles. The van der Waals surface area contributed by atoms with Gasteiger partial charge in [-0.1, -0.05) is 62.2 Å². The van der Waals surface area contributed by atoms with Crippen LogP contribution in [0.5, 0.6) is 0 Å². The molecule has 0 saturated heterocycles. The molecule has 0 amide bonds. The Morgan fingerprint density at radius 2 is 1.28 bits per heavy atom. The van der Waals surface area contributed by atoms with Crippen molar-refractivity contribution in [2.75, 3.05) is 0 Å². The summed E-state index contributed by atoms with van der Waals surface area (Å²) in [6.45, 7) is 2.89. The lowest BCUT2D eigenvalue weighted by atomic mass is 10.1. The lowest BCUT2D eigenvalue weighted by Gasteiger charge is -2.05. The van der Waals surface area contributed by atoms with Crippen LogP contribution >= 0.6 is 12.0 Å². The van der Waals surface area contributed by atoms with Gasteiger partial charge < -0.3 is 4.18 Å². The SMILES string of the molecule is CCCCCc1ccc(COSc2ccccc2)cc1.F.F.F.F.F. The third-order valence-electron chi connectivity index (χ3n) is 3.22. The van der Waals surface area contributed by atoms with Gasteiger partial charge >= 0.3 is 0 Å². The Kier molecular flexibility index (Phi) is 23.4. The predicted molar refractivity (Wildman–Crippen MR) is 99.3 cm³/mol. The molecular weight excluding hydrogens is 359 g/mol. The molecule has 7 heteroatoms. The largest absolute Gasteiger partial charge is 0.305 e. The van der Waals surface area contributed by atoms with E-state index in [9.17, 15) is 0 Å². The van der Waals surface area contributed by atoms with Crippen molar-refractivity contribution >= 4 is 12.0 Å². The van der Waals surface area contributed by atoms with Crippen LogP contribution in [0.2, 0.25) is 0 Å². The Bertz CT molecular complexity index is 497. The van der Waals surface area contributed by atoms with Crippen LogP contribution in [-0.2, 0) is 17.2 Å². The Labute approximate surface area is 150 Å². The maximum Gasteiger partial charge on any atom is 0.0869 e. The van der Waals surface area contributed by atoms with E-state index in [1.807, 2.05) is 18.2 Å². The maximum absolute atomic E-state index is 5.66. The molecule has 0 aliphatic heterocycles. The first-order valence-corrected chi connectivity index (χ1v) is 8.05. The molecule has 2 aromatic rings. The van der Waals surface area contributed by atoms with E-state index in [4.69, 9.17) is 4.18 Å². The molecule has 0 N–H and O–H groups in total. The Balaban J connectivity index is -0.000000441. The summed E-state index contributed by atoms with van der Waals surface area (Å²) in [5.74, 6) is 0. The van der Waals surface area contributed by atoms with Crippen LogP contribution in [0.4, 0.5) is 23.5 Å². The first-order chi connectivity index (χ1) is 9.88. The smallest absolute Gasteiger partial charge is 0.0869 e. The third-order valence-corrected chi connectivity index (χ3v) is 3.92. The van der Waals surface area contributed by atoms with Gasteiger partial charge in [-0.25, -0.2) is 0 Å². The molecule has 0 aliphatic carbocycles. The van der Waals surface area contributed by atoms with Crippen LogP contribution in [0.25, 0.3) is 0 Å². The second kappa shape index (κ2) is 18.7. The van der Waals surface area contributed by atoms with E-state index < -0.39 is 0 Å². The topological polar surface area (TPSA) is 9.23 Å². The molecular formula is C18H27F5OS. The molecule has 0 atom stereocenters. The summed E-state index contributed by atoms with van der Waals surface area (Å²) in [6, 6.07) is 19.0. The van der Waals surface area contributed by atoms with Crippen molar-refractivity contribution in [3.63, 3.8) is 0 Å². The standard InChI is InChI=1S/C18H22OS.5FH/c1-2-3-5-8-16-11-13-17(14-12-16)15-19-20-18-9-6-4-7-10-18;;;;;/h4,6-7,9-14H,2-3,5,8,15H2,1H3;5*1H. The van der Waals surface area contributed by atoms with Crippen molar-refractivity contribution < 1.29 is 27.7 Å². The first kappa shape index (κ1) is 31.2. The number of halogens is 5. The van der Waals surface area contributed by atoms with Crippen molar-refractivity contribution in [1.82, 2.24) is 0 Å². The van der Waals surface area contributed by atoms with Crippen LogP contribution in [0.1, 0.15) is 37.3 Å². The lowest BCUT2D eigenvalue weighted by Crippen LogP contribution is -1.89. The second-order valence-corrected chi connectivity index (χ2v) is 5.81. The highest BCUT2D eigenvalue weighted by Crippen LogP contribution is 2.20. The summed E-state index contributed by atoms with van der Waals surface area (Å²) in [5.41, 5.74) is 2.66. The highest BCUT2D eigenvalue weighted by molar-refractivity contribution is 7.94. The summed E-state index contributed by atoms with van der Waals surface area (Å²) in [5, 5.41) is 0. The van der Waals surface area contributed by atoms with Crippen LogP contribution in [0.15, 0.2) is 59.5 Å². The summed E-state index contributed by atoms with van der Waals surface area (Å²) < 4.78 is 5.66. The van der Waals surface area contributed by atoms with Crippen molar-refractivity contribution in [3.05, 3.63) is 65.7 Å². The van der Waals surface area contributed by atoms with Gasteiger partial charge in [0.2, 0.25) is 0 Å². The van der Waals surface area contributed by atoms with Crippen molar-refractivity contribution in [1.29, 1.82) is 0 Å². The quantitative estimate of drug-likeness (QED) is 0.295. The zero-order valence-electron chi connectivity index (χ0n) is 14.1. The molecule has 1 nitrogen and oxygen atoms in total. The molecule has 25 heavy (non-hydrogen) atoms. The van der Waals surface area contributed by atoms with Gasteiger partial charge in [0.15, 0.2) is 0 Å². The number of rotatable bonds is 8. The molecule has 0 aromatic heterocycles. The van der Waals surface area contributed by atoms with Crippen LogP contribution in [0.3, 0.4) is 0 Å². The zero-order chi connectivity index (χ0) is 14.0. The number of benzene rings is 2. The van der Waals surface area contributed by atoms with E-state index in [0.29, 0.717) is 6.61 Å². The summed E-state index contributed by atoms with van der Waals surface area (Å²) in [6.07, 6.45) is 5.07. The summed E-state index contributed by atoms with van der Waals surface area (Å²) >= 11 is 1.44. The van der Waals surface area contributed by atoms with E-state index in [1.165, 1.54) is 48.9 Å². The molecule has 2 rings (SSSR count). The minimum atomic E-state index is 0. The van der Waals surface area contributed by atoms with Gasteiger partial charge in [0.25, 0.3) is 0 Å². The van der Waals surface area contributed by atoms with E-state index in [1.54, 1.807) is 0 Å². The van der Waals surface area contributed by atoms with Crippen molar-refractivity contribution in [2.24, 2.45) is 0 Å². The highest BCUT2D eigenvalue weighted by atomic mass is 32.2. The zero-order valence-corrected chi connectivity index (χ0v) is 14.9. The molecule has 0 spiro atoms. The fourth-order valence-corrected chi connectivity index (χ4v) is 2.62. The van der Waals surface area contributed by atoms with E-state index in [0.717, 1.165) is 4.90 Å². The second-order valence-electron chi connectivity index (χ2n) is 4.93. The van der Waals surface area contributed by atoms with Crippen LogP contribution < -0.4 is 0 Å². The molecule has 146 valence electrons. The lowest BCUT2D eigenvalue weighted by molar-refractivity contribution is 0.364. The molecule has 0 bridgehead atoms. The van der Waals surface area contributed by atoms with Gasteiger partial charge in [-0.2, -0.15) is 0 Å². The number of hydrogen-bond donors (Lipinski definition) is 0. The Hall–Kier alpha value is -1.60. The van der Waals surface area contributed by atoms with E-state index in [-0.39, 0.29) is 23.5 Å². The number of aryl methyl sites for hydroxylation is 1. The molecule has 0 fully saturated rings. The number of hydrogen-bond acceptors (Lipinski definition) is 2. The van der Waals surface area contributed by atoms with Gasteiger partial charge in [-0.15, -0.1) is 0 Å². The Morgan fingerprint density at radius 3 is 1.84 bits per heavy atom. The molecule has 0 saturated carbocycles. The van der Waals surface area contributed by atoms with Crippen molar-refractivity contribution in [2.45, 2.75) is 44.1 Å². The fourth-order valence-electron chi connectivity index (χ4n) is 2.02. The average molecular weight is 386 g/mol. The molecule has 0 heterocycles. The summed E-state index contributed by atoms with van der Waals surface area (Å²) in [7, 11) is 0. The average Bonchev–Trinajstić information content (AvgIpc) is 2.50.